The third-order valence-electron chi connectivity index (χ3n) is 3.59. The third kappa shape index (κ3) is 5.28. The molecule has 2 unspecified atom stereocenters. The van der Waals surface area contributed by atoms with E-state index in [0.29, 0.717) is 12.6 Å². The molecule has 96 valence electrons. The Balaban J connectivity index is 2.15. The van der Waals surface area contributed by atoms with Gasteiger partial charge in [-0.3, -0.25) is 0 Å². The van der Waals surface area contributed by atoms with Crippen molar-refractivity contribution >= 4 is 0 Å². The van der Waals surface area contributed by atoms with Crippen LogP contribution >= 0.6 is 0 Å². The van der Waals surface area contributed by atoms with Crippen LogP contribution in [0.3, 0.4) is 0 Å². The van der Waals surface area contributed by atoms with Crippen LogP contribution in [0.5, 0.6) is 0 Å². The maximum absolute atomic E-state index is 5.56. The van der Waals surface area contributed by atoms with Crippen LogP contribution in [0.1, 0.15) is 38.5 Å². The van der Waals surface area contributed by atoms with Gasteiger partial charge in [-0.15, -0.1) is 0 Å². The van der Waals surface area contributed by atoms with Crippen molar-refractivity contribution in [3.8, 4) is 0 Å². The molecule has 0 heterocycles. The summed E-state index contributed by atoms with van der Waals surface area (Å²) in [7, 11) is 3.81. The molecule has 0 radical (unpaired) electrons. The summed E-state index contributed by atoms with van der Waals surface area (Å²) in [6, 6.07) is 0.702. The van der Waals surface area contributed by atoms with E-state index in [1.54, 1.807) is 7.11 Å². The molecule has 1 N–H and O–H groups in total. The van der Waals surface area contributed by atoms with Crippen molar-refractivity contribution in [2.24, 2.45) is 5.92 Å². The standard InChI is InChI=1S/C13H27NO2/c1-14-13-7-5-3-4-6-12(13)8-9-16-11-10-15-2/h12-14H,3-11H2,1-2H3. The summed E-state index contributed by atoms with van der Waals surface area (Å²) >= 11 is 0. The molecule has 16 heavy (non-hydrogen) atoms. The fourth-order valence-corrected chi connectivity index (χ4v) is 2.59. The molecule has 0 aromatic carbocycles. The van der Waals surface area contributed by atoms with Gasteiger partial charge in [-0.1, -0.05) is 19.3 Å². The predicted molar refractivity (Wildman–Crippen MR) is 66.7 cm³/mol. The number of methoxy groups -OCH3 is 1. The van der Waals surface area contributed by atoms with Crippen molar-refractivity contribution in [2.45, 2.75) is 44.6 Å². The Labute approximate surface area is 99.9 Å². The maximum Gasteiger partial charge on any atom is 0.0700 e. The Morgan fingerprint density at radius 2 is 1.88 bits per heavy atom. The Morgan fingerprint density at radius 1 is 1.06 bits per heavy atom. The van der Waals surface area contributed by atoms with Gasteiger partial charge in [0.25, 0.3) is 0 Å². The first kappa shape index (κ1) is 13.9. The first-order chi connectivity index (χ1) is 7.88. The van der Waals surface area contributed by atoms with Gasteiger partial charge in [0.1, 0.15) is 0 Å². The topological polar surface area (TPSA) is 30.5 Å². The van der Waals surface area contributed by atoms with Crippen LogP contribution in [0.15, 0.2) is 0 Å². The third-order valence-corrected chi connectivity index (χ3v) is 3.59. The van der Waals surface area contributed by atoms with Crippen molar-refractivity contribution in [1.29, 1.82) is 0 Å². The largest absolute Gasteiger partial charge is 0.382 e. The number of hydrogen-bond donors (Lipinski definition) is 1. The molecule has 2 atom stereocenters. The molecule has 3 nitrogen and oxygen atoms in total. The summed E-state index contributed by atoms with van der Waals surface area (Å²) in [4.78, 5) is 0. The van der Waals surface area contributed by atoms with Crippen LogP contribution in [0.25, 0.3) is 0 Å². The molecule has 1 aliphatic rings. The molecule has 0 saturated heterocycles. The van der Waals surface area contributed by atoms with Gasteiger partial charge in [-0.05, 0) is 32.2 Å². The Kier molecular flexibility index (Phi) is 7.81. The summed E-state index contributed by atoms with van der Waals surface area (Å²) in [6.45, 7) is 2.32. The average Bonchev–Trinajstić information content (AvgIpc) is 2.53. The van der Waals surface area contributed by atoms with Gasteiger partial charge in [0.15, 0.2) is 0 Å². The van der Waals surface area contributed by atoms with E-state index in [-0.39, 0.29) is 0 Å². The second-order valence-corrected chi connectivity index (χ2v) is 4.69. The van der Waals surface area contributed by atoms with Crippen molar-refractivity contribution < 1.29 is 9.47 Å². The van der Waals surface area contributed by atoms with E-state index < -0.39 is 0 Å². The first-order valence-corrected chi connectivity index (χ1v) is 6.62. The van der Waals surface area contributed by atoms with Crippen LogP contribution in [-0.2, 0) is 9.47 Å². The summed E-state index contributed by atoms with van der Waals surface area (Å²) in [5, 5.41) is 3.47. The monoisotopic (exact) mass is 229 g/mol. The molecule has 1 saturated carbocycles. The molecule has 0 amide bonds. The zero-order valence-corrected chi connectivity index (χ0v) is 10.8. The van der Waals surface area contributed by atoms with Gasteiger partial charge in [-0.25, -0.2) is 0 Å². The fraction of sp³-hybridized carbons (Fsp3) is 1.00. The summed E-state index contributed by atoms with van der Waals surface area (Å²) in [6.07, 6.45) is 8.06. The van der Waals surface area contributed by atoms with Crippen molar-refractivity contribution in [3.05, 3.63) is 0 Å². The van der Waals surface area contributed by atoms with Gasteiger partial charge >= 0.3 is 0 Å². The number of nitrogens with one attached hydrogen (secondary N) is 1. The minimum absolute atomic E-state index is 0.702. The van der Waals surface area contributed by atoms with Crippen molar-refractivity contribution in [2.75, 3.05) is 34.0 Å². The van der Waals surface area contributed by atoms with Gasteiger partial charge in [0, 0.05) is 19.8 Å². The highest BCUT2D eigenvalue weighted by atomic mass is 16.5. The first-order valence-electron chi connectivity index (χ1n) is 6.62. The van der Waals surface area contributed by atoms with E-state index in [4.69, 9.17) is 9.47 Å². The molecular formula is C13H27NO2. The van der Waals surface area contributed by atoms with Crippen molar-refractivity contribution in [3.63, 3.8) is 0 Å². The van der Waals surface area contributed by atoms with Crippen LogP contribution in [0.2, 0.25) is 0 Å². The van der Waals surface area contributed by atoms with E-state index in [1.807, 2.05) is 0 Å². The summed E-state index contributed by atoms with van der Waals surface area (Å²) < 4.78 is 10.5. The van der Waals surface area contributed by atoms with E-state index in [9.17, 15) is 0 Å². The molecular weight excluding hydrogens is 202 g/mol. The summed E-state index contributed by atoms with van der Waals surface area (Å²) in [5.41, 5.74) is 0. The maximum atomic E-state index is 5.56. The van der Waals surface area contributed by atoms with Crippen LogP contribution < -0.4 is 5.32 Å². The Hall–Kier alpha value is -0.120. The zero-order valence-electron chi connectivity index (χ0n) is 10.8. The minimum Gasteiger partial charge on any atom is -0.382 e. The zero-order chi connectivity index (χ0) is 11.6. The SMILES string of the molecule is CNC1CCCCCC1CCOCCOC. The summed E-state index contributed by atoms with van der Waals surface area (Å²) in [5.74, 6) is 0.801. The number of hydrogen-bond acceptors (Lipinski definition) is 3. The Bertz CT molecular complexity index is 164. The molecule has 0 aromatic rings. The smallest absolute Gasteiger partial charge is 0.0700 e. The van der Waals surface area contributed by atoms with Gasteiger partial charge < -0.3 is 14.8 Å². The second kappa shape index (κ2) is 8.97. The molecule has 0 aliphatic heterocycles. The van der Waals surface area contributed by atoms with E-state index in [0.717, 1.165) is 19.1 Å². The van der Waals surface area contributed by atoms with E-state index >= 15 is 0 Å². The highest BCUT2D eigenvalue weighted by molar-refractivity contribution is 4.78. The molecule has 0 bridgehead atoms. The van der Waals surface area contributed by atoms with Gasteiger partial charge in [0.05, 0.1) is 13.2 Å². The second-order valence-electron chi connectivity index (χ2n) is 4.69. The van der Waals surface area contributed by atoms with Gasteiger partial charge in [0.2, 0.25) is 0 Å². The van der Waals surface area contributed by atoms with Crippen LogP contribution in [0.4, 0.5) is 0 Å². The molecule has 1 rings (SSSR count). The highest BCUT2D eigenvalue weighted by Gasteiger charge is 2.21. The lowest BCUT2D eigenvalue weighted by Gasteiger charge is -2.24. The normalized spacial score (nSPS) is 26.6. The molecule has 3 heteroatoms. The van der Waals surface area contributed by atoms with Crippen LogP contribution in [0, 0.1) is 5.92 Å². The Morgan fingerprint density at radius 3 is 2.62 bits per heavy atom. The van der Waals surface area contributed by atoms with E-state index in [1.165, 1.54) is 38.5 Å². The quantitative estimate of drug-likeness (QED) is 0.536. The lowest BCUT2D eigenvalue weighted by molar-refractivity contribution is 0.0607. The van der Waals surface area contributed by atoms with Crippen molar-refractivity contribution in [1.82, 2.24) is 5.32 Å². The minimum atomic E-state index is 0.702. The molecule has 1 fully saturated rings. The lowest BCUT2D eigenvalue weighted by atomic mass is 9.92. The predicted octanol–water partition coefficient (Wildman–Crippen LogP) is 2.21. The van der Waals surface area contributed by atoms with E-state index in [2.05, 4.69) is 12.4 Å². The average molecular weight is 229 g/mol. The molecule has 0 spiro atoms. The number of rotatable bonds is 7. The highest BCUT2D eigenvalue weighted by Crippen LogP contribution is 2.25. The van der Waals surface area contributed by atoms with Gasteiger partial charge in [-0.2, -0.15) is 0 Å². The number of ether oxygens (including phenoxy) is 2. The molecule has 1 aliphatic carbocycles. The molecule has 0 aromatic heterocycles. The fourth-order valence-electron chi connectivity index (χ4n) is 2.59. The van der Waals surface area contributed by atoms with Crippen LogP contribution in [-0.4, -0.2) is 40.0 Å². The lowest BCUT2D eigenvalue weighted by Crippen LogP contribution is -2.33.